The summed E-state index contributed by atoms with van der Waals surface area (Å²) < 4.78 is 24.4. The van der Waals surface area contributed by atoms with Crippen molar-refractivity contribution in [1.29, 1.82) is 0 Å². The van der Waals surface area contributed by atoms with Crippen molar-refractivity contribution in [3.63, 3.8) is 0 Å². The molecule has 0 spiro atoms. The number of H-pyrrole nitrogens is 1. The Labute approximate surface area is 82.7 Å². The third-order valence-electron chi connectivity index (χ3n) is 1.69. The lowest BCUT2D eigenvalue weighted by molar-refractivity contribution is 0.112. The molecular weight excluding hydrogens is 216 g/mol. The zero-order valence-electron chi connectivity index (χ0n) is 6.89. The van der Waals surface area contributed by atoms with E-state index in [-0.39, 0.29) is 17.0 Å². The Balaban J connectivity index is 3.39. The minimum absolute atomic E-state index is 0.00562. The maximum atomic E-state index is 12.2. The van der Waals surface area contributed by atoms with Crippen molar-refractivity contribution in [2.24, 2.45) is 0 Å². The molecule has 14 heavy (non-hydrogen) atoms. The smallest absolute Gasteiger partial charge is 0.278 e. The quantitative estimate of drug-likeness (QED) is 0.626. The molecule has 1 N–H and O–H groups in total. The number of hydrogen-bond acceptors (Lipinski definition) is 2. The number of aldehydes is 1. The molecule has 1 aromatic heterocycles. The lowest BCUT2D eigenvalue weighted by atomic mass is 10.1. The molecule has 6 heteroatoms. The molecule has 76 valence electrons. The number of hydrogen-bond donors (Lipinski definition) is 1. The highest BCUT2D eigenvalue weighted by molar-refractivity contribution is 6.17. The van der Waals surface area contributed by atoms with E-state index in [9.17, 15) is 18.4 Å². The number of aromatic amines is 1. The van der Waals surface area contributed by atoms with Gasteiger partial charge in [0, 0.05) is 11.1 Å². The van der Waals surface area contributed by atoms with Crippen LogP contribution in [-0.4, -0.2) is 11.3 Å². The number of carbonyl (C=O) groups is 1. The largest absolute Gasteiger partial charge is 0.321 e. The molecule has 0 radical (unpaired) electrons. The van der Waals surface area contributed by atoms with E-state index in [2.05, 4.69) is 0 Å². The molecule has 0 atom stereocenters. The van der Waals surface area contributed by atoms with Gasteiger partial charge in [0.2, 0.25) is 0 Å². The predicted octanol–water partition coefficient (Wildman–Crippen LogP) is 1.86. The van der Waals surface area contributed by atoms with Gasteiger partial charge in [-0.1, -0.05) is 0 Å². The molecule has 0 aliphatic carbocycles. The zero-order valence-corrected chi connectivity index (χ0v) is 7.65. The van der Waals surface area contributed by atoms with Crippen LogP contribution in [0.1, 0.15) is 28.0 Å². The summed E-state index contributed by atoms with van der Waals surface area (Å²) in [6.07, 6.45) is -2.48. The van der Waals surface area contributed by atoms with Crippen molar-refractivity contribution in [1.82, 2.24) is 4.98 Å². The summed E-state index contributed by atoms with van der Waals surface area (Å²) in [5.41, 5.74) is -1.42. The van der Waals surface area contributed by atoms with Crippen molar-refractivity contribution in [2.75, 3.05) is 0 Å². The minimum Gasteiger partial charge on any atom is -0.321 e. The highest BCUT2D eigenvalue weighted by atomic mass is 35.5. The van der Waals surface area contributed by atoms with E-state index >= 15 is 0 Å². The summed E-state index contributed by atoms with van der Waals surface area (Å²) in [5.74, 6) is -0.188. The molecule has 0 saturated carbocycles. The van der Waals surface area contributed by atoms with Crippen LogP contribution in [-0.2, 0) is 5.88 Å². The number of halogens is 3. The molecule has 0 aliphatic heterocycles. The maximum absolute atomic E-state index is 12.2. The lowest BCUT2D eigenvalue weighted by Gasteiger charge is -2.03. The first-order valence-electron chi connectivity index (χ1n) is 3.65. The predicted molar refractivity (Wildman–Crippen MR) is 47.0 cm³/mol. The van der Waals surface area contributed by atoms with E-state index < -0.39 is 17.7 Å². The van der Waals surface area contributed by atoms with E-state index in [1.807, 2.05) is 4.98 Å². The van der Waals surface area contributed by atoms with Crippen LogP contribution in [0.2, 0.25) is 0 Å². The highest BCUT2D eigenvalue weighted by Crippen LogP contribution is 2.17. The van der Waals surface area contributed by atoms with Gasteiger partial charge in [0.15, 0.2) is 6.29 Å². The van der Waals surface area contributed by atoms with Gasteiger partial charge in [0.05, 0.1) is 11.6 Å². The standard InChI is InChI=1S/C8H6ClF2NO2/c9-2-5-4(3-13)1-6(7(10)11)12-8(5)14/h1,3,7H,2H2,(H,12,14). The topological polar surface area (TPSA) is 49.9 Å². The number of carbonyl (C=O) groups excluding carboxylic acids is 1. The van der Waals surface area contributed by atoms with Crippen LogP contribution in [0.4, 0.5) is 8.78 Å². The number of nitrogens with one attached hydrogen (secondary N) is 1. The Hall–Kier alpha value is -1.23. The Kier molecular flexibility index (Phi) is 3.35. The second-order valence-corrected chi connectivity index (χ2v) is 2.81. The summed E-state index contributed by atoms with van der Waals surface area (Å²) in [7, 11) is 0. The van der Waals surface area contributed by atoms with Crippen molar-refractivity contribution in [2.45, 2.75) is 12.3 Å². The average Bonchev–Trinajstić information content (AvgIpc) is 2.16. The summed E-state index contributed by atoms with van der Waals surface area (Å²) in [5, 5.41) is 0. The Morgan fingerprint density at radius 2 is 2.21 bits per heavy atom. The van der Waals surface area contributed by atoms with Crippen molar-refractivity contribution in [3.05, 3.63) is 33.2 Å². The molecule has 3 nitrogen and oxygen atoms in total. The van der Waals surface area contributed by atoms with Gasteiger partial charge in [-0.15, -0.1) is 11.6 Å². The number of aromatic nitrogens is 1. The summed E-state index contributed by atoms with van der Waals surface area (Å²) in [6.45, 7) is 0. The maximum Gasteiger partial charge on any atom is 0.278 e. The second kappa shape index (κ2) is 4.32. The van der Waals surface area contributed by atoms with E-state index in [4.69, 9.17) is 11.6 Å². The average molecular weight is 222 g/mol. The Morgan fingerprint density at radius 3 is 2.64 bits per heavy atom. The van der Waals surface area contributed by atoms with Crippen LogP contribution < -0.4 is 5.56 Å². The molecule has 0 fully saturated rings. The molecule has 0 aliphatic rings. The van der Waals surface area contributed by atoms with Gasteiger partial charge in [-0.05, 0) is 6.07 Å². The molecule has 0 aromatic carbocycles. The first-order valence-corrected chi connectivity index (χ1v) is 4.19. The normalized spacial score (nSPS) is 10.6. The van der Waals surface area contributed by atoms with Crippen molar-refractivity contribution in [3.8, 4) is 0 Å². The highest BCUT2D eigenvalue weighted by Gasteiger charge is 2.13. The van der Waals surface area contributed by atoms with Crippen LogP contribution in [0.3, 0.4) is 0 Å². The van der Waals surface area contributed by atoms with E-state index in [0.717, 1.165) is 6.07 Å². The van der Waals surface area contributed by atoms with Gasteiger partial charge < -0.3 is 4.98 Å². The summed E-state index contributed by atoms with van der Waals surface area (Å²) in [6, 6.07) is 0.927. The van der Waals surface area contributed by atoms with E-state index in [1.165, 1.54) is 0 Å². The molecule has 1 heterocycles. The van der Waals surface area contributed by atoms with Gasteiger partial charge >= 0.3 is 0 Å². The van der Waals surface area contributed by atoms with E-state index in [1.54, 1.807) is 0 Å². The third kappa shape index (κ3) is 1.98. The Morgan fingerprint density at radius 1 is 1.57 bits per heavy atom. The van der Waals surface area contributed by atoms with E-state index in [0.29, 0.717) is 6.29 Å². The van der Waals surface area contributed by atoms with Crippen LogP contribution in [0.5, 0.6) is 0 Å². The second-order valence-electron chi connectivity index (χ2n) is 2.54. The Bertz CT molecular complexity index is 403. The number of rotatable bonds is 3. The van der Waals surface area contributed by atoms with Gasteiger partial charge in [-0.25, -0.2) is 8.78 Å². The first kappa shape index (κ1) is 10.8. The zero-order chi connectivity index (χ0) is 10.7. The monoisotopic (exact) mass is 221 g/mol. The molecule has 0 unspecified atom stereocenters. The lowest BCUT2D eigenvalue weighted by Crippen LogP contribution is -2.16. The SMILES string of the molecule is O=Cc1cc(C(F)F)[nH]c(=O)c1CCl. The van der Waals surface area contributed by atoms with Crippen LogP contribution in [0.25, 0.3) is 0 Å². The number of pyridine rings is 1. The van der Waals surface area contributed by atoms with Crippen molar-refractivity contribution < 1.29 is 13.6 Å². The van der Waals surface area contributed by atoms with Gasteiger partial charge in [-0.3, -0.25) is 9.59 Å². The fourth-order valence-electron chi connectivity index (χ4n) is 0.989. The molecule has 0 bridgehead atoms. The molecule has 0 amide bonds. The van der Waals surface area contributed by atoms with Crippen molar-refractivity contribution >= 4 is 17.9 Å². The van der Waals surface area contributed by atoms with Crippen LogP contribution in [0.15, 0.2) is 10.9 Å². The van der Waals surface area contributed by atoms with Crippen LogP contribution in [0, 0.1) is 0 Å². The van der Waals surface area contributed by atoms with Gasteiger partial charge in [-0.2, -0.15) is 0 Å². The molecular formula is C8H6ClF2NO2. The van der Waals surface area contributed by atoms with Gasteiger partial charge in [0.1, 0.15) is 0 Å². The molecule has 0 saturated heterocycles. The fraction of sp³-hybridized carbons (Fsp3) is 0.250. The third-order valence-corrected chi connectivity index (χ3v) is 1.95. The fourth-order valence-corrected chi connectivity index (χ4v) is 1.26. The summed E-state index contributed by atoms with van der Waals surface area (Å²) >= 11 is 5.38. The molecule has 1 rings (SSSR count). The molecule has 1 aromatic rings. The summed E-state index contributed by atoms with van der Waals surface area (Å²) in [4.78, 5) is 23.5. The number of alkyl halides is 3. The minimum atomic E-state index is -2.81. The first-order chi connectivity index (χ1) is 6.60. The van der Waals surface area contributed by atoms with Crippen LogP contribution >= 0.6 is 11.6 Å². The van der Waals surface area contributed by atoms with Gasteiger partial charge in [0.25, 0.3) is 12.0 Å².